The largest absolute Gasteiger partial charge is 0.473 e. The van der Waals surface area contributed by atoms with Crippen LogP contribution in [0.2, 0.25) is 0 Å². The maximum Gasteiger partial charge on any atom is 0.416 e. The van der Waals surface area contributed by atoms with E-state index in [9.17, 15) is 18.0 Å². The number of ether oxygens (including phenoxy) is 1. The van der Waals surface area contributed by atoms with Crippen molar-refractivity contribution in [3.63, 3.8) is 0 Å². The number of halogens is 3. The lowest BCUT2D eigenvalue weighted by molar-refractivity contribution is -0.137. The molecule has 1 saturated heterocycles. The van der Waals surface area contributed by atoms with Crippen LogP contribution < -0.4 is 10.1 Å². The highest BCUT2D eigenvalue weighted by atomic mass is 32.2. The van der Waals surface area contributed by atoms with Gasteiger partial charge in [0.1, 0.15) is 6.10 Å². The molecule has 25 heavy (non-hydrogen) atoms. The van der Waals surface area contributed by atoms with Gasteiger partial charge in [-0.15, -0.1) is 0 Å². The van der Waals surface area contributed by atoms with Gasteiger partial charge < -0.3 is 10.1 Å². The number of hydrogen-bond acceptors (Lipinski definition) is 4. The Kier molecular flexibility index (Phi) is 5.17. The average molecular weight is 368 g/mol. The summed E-state index contributed by atoms with van der Waals surface area (Å²) in [5.41, 5.74) is -0.470. The third-order valence-electron chi connectivity index (χ3n) is 3.62. The van der Waals surface area contributed by atoms with Crippen molar-refractivity contribution in [3.8, 4) is 5.88 Å². The molecule has 1 aliphatic heterocycles. The van der Waals surface area contributed by atoms with Crippen molar-refractivity contribution in [3.05, 3.63) is 53.7 Å². The Bertz CT molecular complexity index is 762. The van der Waals surface area contributed by atoms with Crippen LogP contribution >= 0.6 is 11.8 Å². The van der Waals surface area contributed by atoms with Gasteiger partial charge in [-0.25, -0.2) is 4.98 Å². The SMILES string of the molecule is O=C(Nc1cccc(C(F)(F)F)c1)c1ccnc(OC2CCSC2)c1. The minimum atomic E-state index is -4.46. The molecule has 0 aliphatic carbocycles. The molecule has 1 atom stereocenters. The standard InChI is InChI=1S/C17H15F3N2O2S/c18-17(19,20)12-2-1-3-13(9-12)22-16(23)11-4-6-21-15(8-11)24-14-5-7-25-10-14/h1-4,6,8-9,14H,5,7,10H2,(H,22,23). The summed E-state index contributed by atoms with van der Waals surface area (Å²) in [6, 6.07) is 7.48. The summed E-state index contributed by atoms with van der Waals surface area (Å²) in [5, 5.41) is 2.47. The van der Waals surface area contributed by atoms with Gasteiger partial charge in [0.2, 0.25) is 5.88 Å². The molecule has 1 aromatic carbocycles. The highest BCUT2D eigenvalue weighted by Crippen LogP contribution is 2.30. The van der Waals surface area contributed by atoms with Gasteiger partial charge in [0.15, 0.2) is 0 Å². The number of anilines is 1. The van der Waals surface area contributed by atoms with Crippen molar-refractivity contribution in [2.24, 2.45) is 0 Å². The van der Waals surface area contributed by atoms with Gasteiger partial charge in [-0.1, -0.05) is 6.07 Å². The molecule has 1 N–H and O–H groups in total. The monoisotopic (exact) mass is 368 g/mol. The van der Waals surface area contributed by atoms with E-state index < -0.39 is 17.6 Å². The van der Waals surface area contributed by atoms with Crippen molar-refractivity contribution in [1.29, 1.82) is 0 Å². The number of aromatic nitrogens is 1. The van der Waals surface area contributed by atoms with Crippen molar-refractivity contribution in [2.75, 3.05) is 16.8 Å². The van der Waals surface area contributed by atoms with E-state index >= 15 is 0 Å². The fourth-order valence-electron chi connectivity index (χ4n) is 2.37. The van der Waals surface area contributed by atoms with Crippen LogP contribution in [0.5, 0.6) is 5.88 Å². The minimum absolute atomic E-state index is 0.0688. The smallest absolute Gasteiger partial charge is 0.416 e. The molecule has 1 unspecified atom stereocenters. The second-order valence-corrected chi connectivity index (χ2v) is 6.67. The van der Waals surface area contributed by atoms with E-state index in [1.807, 2.05) is 0 Å². The Morgan fingerprint density at radius 1 is 1.28 bits per heavy atom. The Hall–Kier alpha value is -2.22. The van der Waals surface area contributed by atoms with Gasteiger partial charge in [0, 0.05) is 29.3 Å². The van der Waals surface area contributed by atoms with Crippen LogP contribution in [0.4, 0.5) is 18.9 Å². The number of pyridine rings is 1. The molecule has 132 valence electrons. The van der Waals surface area contributed by atoms with Gasteiger partial charge in [0.25, 0.3) is 5.91 Å². The van der Waals surface area contributed by atoms with Crippen LogP contribution in [0.1, 0.15) is 22.3 Å². The van der Waals surface area contributed by atoms with E-state index in [1.165, 1.54) is 30.5 Å². The maximum atomic E-state index is 12.7. The van der Waals surface area contributed by atoms with Crippen molar-refractivity contribution in [2.45, 2.75) is 18.7 Å². The van der Waals surface area contributed by atoms with Crippen LogP contribution in [0, 0.1) is 0 Å². The number of carbonyl (C=O) groups excluding carboxylic acids is 1. The number of amides is 1. The summed E-state index contributed by atoms with van der Waals surface area (Å²) in [7, 11) is 0. The lowest BCUT2D eigenvalue weighted by Gasteiger charge is -2.12. The fraction of sp³-hybridized carbons (Fsp3) is 0.294. The first-order valence-corrected chi connectivity index (χ1v) is 8.76. The number of nitrogens with one attached hydrogen (secondary N) is 1. The molecule has 3 rings (SSSR count). The maximum absolute atomic E-state index is 12.7. The lowest BCUT2D eigenvalue weighted by atomic mass is 10.2. The number of rotatable bonds is 4. The molecule has 2 heterocycles. The number of carbonyl (C=O) groups is 1. The second kappa shape index (κ2) is 7.35. The van der Waals surface area contributed by atoms with Gasteiger partial charge >= 0.3 is 6.18 Å². The van der Waals surface area contributed by atoms with Crippen LogP contribution in [0.15, 0.2) is 42.6 Å². The van der Waals surface area contributed by atoms with E-state index in [2.05, 4.69) is 10.3 Å². The first-order chi connectivity index (χ1) is 11.9. The van der Waals surface area contributed by atoms with Crippen molar-refractivity contribution in [1.82, 2.24) is 4.98 Å². The highest BCUT2D eigenvalue weighted by molar-refractivity contribution is 7.99. The molecule has 1 aromatic heterocycles. The van der Waals surface area contributed by atoms with E-state index in [1.54, 1.807) is 11.8 Å². The molecule has 1 amide bonds. The van der Waals surface area contributed by atoms with E-state index in [4.69, 9.17) is 4.74 Å². The number of alkyl halides is 3. The quantitative estimate of drug-likeness (QED) is 0.877. The molecular weight excluding hydrogens is 353 g/mol. The minimum Gasteiger partial charge on any atom is -0.473 e. The van der Waals surface area contributed by atoms with Crippen LogP contribution in [-0.2, 0) is 6.18 Å². The van der Waals surface area contributed by atoms with Crippen LogP contribution in [0.3, 0.4) is 0 Å². The zero-order valence-corrected chi connectivity index (χ0v) is 13.9. The number of hydrogen-bond donors (Lipinski definition) is 1. The summed E-state index contributed by atoms with van der Waals surface area (Å²) in [6.07, 6.45) is -2.03. The number of thioether (sulfide) groups is 1. The van der Waals surface area contributed by atoms with Crippen molar-refractivity contribution < 1.29 is 22.7 Å². The second-order valence-electron chi connectivity index (χ2n) is 5.52. The zero-order chi connectivity index (χ0) is 17.9. The van der Waals surface area contributed by atoms with Crippen LogP contribution in [0.25, 0.3) is 0 Å². The summed E-state index contributed by atoms with van der Waals surface area (Å²) < 4.78 is 43.9. The lowest BCUT2D eigenvalue weighted by Crippen LogP contribution is -2.17. The number of benzene rings is 1. The molecule has 0 bridgehead atoms. The summed E-state index contributed by atoms with van der Waals surface area (Å²) in [6.45, 7) is 0. The van der Waals surface area contributed by atoms with Crippen LogP contribution in [-0.4, -0.2) is 28.5 Å². The molecule has 2 aromatic rings. The van der Waals surface area contributed by atoms with E-state index in [0.717, 1.165) is 30.1 Å². The van der Waals surface area contributed by atoms with E-state index in [-0.39, 0.29) is 17.4 Å². The molecule has 0 radical (unpaired) electrons. The Balaban J connectivity index is 1.71. The Morgan fingerprint density at radius 3 is 2.84 bits per heavy atom. The first kappa shape index (κ1) is 17.6. The molecule has 1 aliphatic rings. The van der Waals surface area contributed by atoms with Crippen molar-refractivity contribution >= 4 is 23.4 Å². The first-order valence-electron chi connectivity index (χ1n) is 7.61. The third-order valence-corrected chi connectivity index (χ3v) is 4.75. The Morgan fingerprint density at radius 2 is 2.12 bits per heavy atom. The predicted octanol–water partition coefficient (Wildman–Crippen LogP) is 4.24. The molecular formula is C17H15F3N2O2S. The van der Waals surface area contributed by atoms with E-state index in [0.29, 0.717) is 5.88 Å². The van der Waals surface area contributed by atoms with Gasteiger partial charge in [-0.2, -0.15) is 24.9 Å². The van der Waals surface area contributed by atoms with Gasteiger partial charge in [-0.3, -0.25) is 4.79 Å². The zero-order valence-electron chi connectivity index (χ0n) is 13.0. The predicted molar refractivity (Wildman–Crippen MR) is 90.0 cm³/mol. The molecule has 4 nitrogen and oxygen atoms in total. The summed E-state index contributed by atoms with van der Waals surface area (Å²) in [5.74, 6) is 1.72. The molecule has 8 heteroatoms. The van der Waals surface area contributed by atoms with Gasteiger partial charge in [0.05, 0.1) is 5.56 Å². The topological polar surface area (TPSA) is 51.2 Å². The Labute approximate surface area is 146 Å². The summed E-state index contributed by atoms with van der Waals surface area (Å²) >= 11 is 1.79. The highest BCUT2D eigenvalue weighted by Gasteiger charge is 2.30. The average Bonchev–Trinajstić information content (AvgIpc) is 3.07. The summed E-state index contributed by atoms with van der Waals surface area (Å²) in [4.78, 5) is 16.4. The molecule has 1 fully saturated rings. The molecule has 0 saturated carbocycles. The van der Waals surface area contributed by atoms with Gasteiger partial charge in [-0.05, 0) is 36.4 Å². The third kappa shape index (κ3) is 4.66. The molecule has 0 spiro atoms. The number of nitrogens with zero attached hydrogens (tertiary/aromatic N) is 1. The fourth-order valence-corrected chi connectivity index (χ4v) is 3.46. The normalized spacial score (nSPS) is 17.3.